The summed E-state index contributed by atoms with van der Waals surface area (Å²) in [7, 11) is 7.96. The molecule has 0 aliphatic carbocycles. The van der Waals surface area contributed by atoms with Crippen LogP contribution >= 0.6 is 0 Å². The van der Waals surface area contributed by atoms with Gasteiger partial charge in [0.1, 0.15) is 6.10 Å². The van der Waals surface area contributed by atoms with E-state index in [1.54, 1.807) is 35.5 Å². The number of carbonyl (C=O) groups excluding carboxylic acids is 2. The second kappa shape index (κ2) is 20.7. The first-order chi connectivity index (χ1) is 22.8. The summed E-state index contributed by atoms with van der Waals surface area (Å²) in [5, 5.41) is 0. The summed E-state index contributed by atoms with van der Waals surface area (Å²) in [5.74, 6) is 3.27. The Morgan fingerprint density at radius 2 is 1.45 bits per heavy atom. The molecule has 4 rings (SSSR count). The smallest absolute Gasteiger partial charge is 0.293 e. The number of ether oxygens (including phenoxy) is 6. The molecule has 0 saturated carbocycles. The van der Waals surface area contributed by atoms with Crippen molar-refractivity contribution in [3.8, 4) is 28.7 Å². The van der Waals surface area contributed by atoms with Crippen molar-refractivity contribution in [3.05, 3.63) is 76.9 Å². The normalized spacial score (nSPS) is 14.2. The largest absolute Gasteiger partial charge is 0.493 e. The van der Waals surface area contributed by atoms with Crippen LogP contribution in [0.25, 0.3) is 0 Å². The van der Waals surface area contributed by atoms with Crippen molar-refractivity contribution in [1.82, 2.24) is 4.90 Å². The van der Waals surface area contributed by atoms with Crippen molar-refractivity contribution in [2.24, 2.45) is 0 Å². The molecule has 1 amide bonds. The highest BCUT2D eigenvalue weighted by Gasteiger charge is 2.24. The molecule has 3 aromatic rings. The molecule has 0 spiro atoms. The number of benzene rings is 3. The number of hydrogen-bond donors (Lipinski definition) is 0. The second-order valence-corrected chi connectivity index (χ2v) is 10.9. The van der Waals surface area contributed by atoms with Gasteiger partial charge in [-0.2, -0.15) is 0 Å². The summed E-state index contributed by atoms with van der Waals surface area (Å²) in [6.07, 6.45) is 4.95. The number of likely N-dealkylation sites (tertiary alicyclic amines) is 1. The van der Waals surface area contributed by atoms with Gasteiger partial charge in [0.2, 0.25) is 11.7 Å². The Bertz CT molecular complexity index is 1370. The van der Waals surface area contributed by atoms with Gasteiger partial charge in [-0.3, -0.25) is 9.59 Å². The lowest BCUT2D eigenvalue weighted by Crippen LogP contribution is -2.42. The summed E-state index contributed by atoms with van der Waals surface area (Å²) in [5.41, 5.74) is 4.14. The number of carbonyl (C=O) groups is 2. The van der Waals surface area contributed by atoms with E-state index in [0.717, 1.165) is 48.1 Å². The highest BCUT2D eigenvalue weighted by atomic mass is 16.5. The Kier molecular flexibility index (Phi) is 17.1. The molecule has 0 N–H and O–H groups in total. The molecular formula is C38H53NO8. The Balaban J connectivity index is 0.000000311. The van der Waals surface area contributed by atoms with E-state index in [-0.39, 0.29) is 12.0 Å². The van der Waals surface area contributed by atoms with E-state index in [1.165, 1.54) is 6.42 Å². The van der Waals surface area contributed by atoms with Gasteiger partial charge < -0.3 is 33.3 Å². The summed E-state index contributed by atoms with van der Waals surface area (Å²) < 4.78 is 31.8. The molecule has 1 aliphatic rings. The van der Waals surface area contributed by atoms with Crippen molar-refractivity contribution >= 4 is 12.4 Å². The number of amides is 1. The third kappa shape index (κ3) is 11.1. The predicted octanol–water partition coefficient (Wildman–Crippen LogP) is 7.54. The zero-order chi connectivity index (χ0) is 34.8. The fraction of sp³-hybridized carbons (Fsp3) is 0.474. The van der Waals surface area contributed by atoms with Crippen LogP contribution < -0.4 is 23.7 Å². The number of methoxy groups -OCH3 is 5. The van der Waals surface area contributed by atoms with Gasteiger partial charge in [0.05, 0.1) is 42.0 Å². The van der Waals surface area contributed by atoms with Gasteiger partial charge in [-0.15, -0.1) is 0 Å². The monoisotopic (exact) mass is 651 g/mol. The van der Waals surface area contributed by atoms with Gasteiger partial charge in [-0.05, 0) is 92.5 Å². The van der Waals surface area contributed by atoms with Crippen LogP contribution in [0.3, 0.4) is 0 Å². The fourth-order valence-electron chi connectivity index (χ4n) is 5.63. The van der Waals surface area contributed by atoms with E-state index in [1.807, 2.05) is 80.3 Å². The summed E-state index contributed by atoms with van der Waals surface area (Å²) >= 11 is 0. The van der Waals surface area contributed by atoms with E-state index in [4.69, 9.17) is 28.4 Å². The molecule has 9 nitrogen and oxygen atoms in total. The SMILES string of the molecule is CC.COc1cc(CC(=O)N2CCCCC2C)cc(OC)c1OC.COc1ccc(CCC(OC=O)c2ccccc2C)cc1OC. The summed E-state index contributed by atoms with van der Waals surface area (Å²) in [6.45, 7) is 9.51. The van der Waals surface area contributed by atoms with E-state index >= 15 is 0 Å². The Morgan fingerprint density at radius 3 is 2.00 bits per heavy atom. The highest BCUT2D eigenvalue weighted by Crippen LogP contribution is 2.38. The van der Waals surface area contributed by atoms with E-state index in [2.05, 4.69) is 6.92 Å². The van der Waals surface area contributed by atoms with Crippen LogP contribution in [-0.2, 0) is 27.2 Å². The van der Waals surface area contributed by atoms with Crippen LogP contribution in [0, 0.1) is 6.92 Å². The first-order valence-corrected chi connectivity index (χ1v) is 16.2. The van der Waals surface area contributed by atoms with Crippen molar-refractivity contribution in [1.29, 1.82) is 0 Å². The molecule has 2 atom stereocenters. The molecule has 3 aromatic carbocycles. The molecule has 1 saturated heterocycles. The van der Waals surface area contributed by atoms with Crippen LogP contribution in [0.4, 0.5) is 0 Å². The third-order valence-corrected chi connectivity index (χ3v) is 8.10. The molecule has 1 fully saturated rings. The molecule has 47 heavy (non-hydrogen) atoms. The Labute approximate surface area is 281 Å². The quantitative estimate of drug-likeness (QED) is 0.175. The standard InChI is InChI=1S/C19H22O4.C17H25NO4.C2H6/c1-14-6-4-5-7-16(14)17(23-13-20)10-8-15-9-11-18(21-2)19(12-15)22-3;1-12-7-5-6-8-18(12)16(19)11-13-9-14(20-2)17(22-4)15(10-13)21-3;1-2/h4-7,9,11-13,17H,8,10H2,1-3H3;9-10,12H,5-8,11H2,1-4H3;1-2H3. The lowest BCUT2D eigenvalue weighted by molar-refractivity contribution is -0.134. The molecule has 9 heteroatoms. The van der Waals surface area contributed by atoms with Crippen molar-refractivity contribution in [2.75, 3.05) is 42.1 Å². The number of rotatable bonds is 13. The van der Waals surface area contributed by atoms with E-state index in [9.17, 15) is 9.59 Å². The first-order valence-electron chi connectivity index (χ1n) is 16.2. The average Bonchev–Trinajstić information content (AvgIpc) is 3.11. The van der Waals surface area contributed by atoms with E-state index in [0.29, 0.717) is 54.1 Å². The zero-order valence-corrected chi connectivity index (χ0v) is 29.6. The maximum atomic E-state index is 12.5. The number of aryl methyl sites for hydroxylation is 2. The topological polar surface area (TPSA) is 92.8 Å². The van der Waals surface area contributed by atoms with Crippen LogP contribution in [0.5, 0.6) is 28.7 Å². The van der Waals surface area contributed by atoms with Crippen LogP contribution in [-0.4, -0.2) is 65.4 Å². The molecule has 1 aliphatic heterocycles. The average molecular weight is 652 g/mol. The minimum atomic E-state index is -0.248. The van der Waals surface area contributed by atoms with Crippen LogP contribution in [0.1, 0.15) is 74.8 Å². The maximum absolute atomic E-state index is 12.5. The van der Waals surface area contributed by atoms with Crippen molar-refractivity contribution in [3.63, 3.8) is 0 Å². The number of nitrogens with zero attached hydrogens (tertiary/aromatic N) is 1. The molecule has 0 radical (unpaired) electrons. The highest BCUT2D eigenvalue weighted by molar-refractivity contribution is 5.79. The lowest BCUT2D eigenvalue weighted by atomic mass is 9.97. The molecule has 1 heterocycles. The lowest BCUT2D eigenvalue weighted by Gasteiger charge is -2.33. The van der Waals surface area contributed by atoms with Gasteiger partial charge in [0.25, 0.3) is 6.47 Å². The van der Waals surface area contributed by atoms with Crippen molar-refractivity contribution in [2.45, 2.75) is 78.4 Å². The predicted molar refractivity (Wildman–Crippen MR) is 185 cm³/mol. The fourth-order valence-corrected chi connectivity index (χ4v) is 5.63. The molecule has 0 aromatic heterocycles. The molecular weight excluding hydrogens is 598 g/mol. The van der Waals surface area contributed by atoms with Gasteiger partial charge in [0, 0.05) is 12.6 Å². The second-order valence-electron chi connectivity index (χ2n) is 10.9. The Morgan fingerprint density at radius 1 is 0.830 bits per heavy atom. The molecule has 258 valence electrons. The van der Waals surface area contributed by atoms with Gasteiger partial charge >= 0.3 is 0 Å². The summed E-state index contributed by atoms with van der Waals surface area (Å²) in [4.78, 5) is 25.4. The van der Waals surface area contributed by atoms with E-state index < -0.39 is 0 Å². The first kappa shape index (κ1) is 38.8. The molecule has 2 unspecified atom stereocenters. The Hall–Kier alpha value is -4.40. The van der Waals surface area contributed by atoms with Gasteiger partial charge in [0.15, 0.2) is 23.0 Å². The zero-order valence-electron chi connectivity index (χ0n) is 29.6. The third-order valence-electron chi connectivity index (χ3n) is 8.10. The van der Waals surface area contributed by atoms with Crippen molar-refractivity contribution < 1.29 is 38.0 Å². The van der Waals surface area contributed by atoms with Crippen LogP contribution in [0.15, 0.2) is 54.6 Å². The maximum Gasteiger partial charge on any atom is 0.293 e. The minimum Gasteiger partial charge on any atom is -0.493 e. The number of hydrogen-bond acceptors (Lipinski definition) is 8. The van der Waals surface area contributed by atoms with Gasteiger partial charge in [-0.1, -0.05) is 44.2 Å². The number of piperidine rings is 1. The van der Waals surface area contributed by atoms with Gasteiger partial charge in [-0.25, -0.2) is 0 Å². The van der Waals surface area contributed by atoms with Crippen LogP contribution in [0.2, 0.25) is 0 Å². The minimum absolute atomic E-state index is 0.154. The molecule has 0 bridgehead atoms. The summed E-state index contributed by atoms with van der Waals surface area (Å²) in [6, 6.07) is 17.8.